The minimum absolute atomic E-state index is 0.623. The Morgan fingerprint density at radius 2 is 2.14 bits per heavy atom. The van der Waals surface area contributed by atoms with Crippen LogP contribution in [0.5, 0.6) is 5.75 Å². The van der Waals surface area contributed by atoms with Crippen molar-refractivity contribution >= 4 is 49.8 Å². The van der Waals surface area contributed by atoms with E-state index >= 15 is 0 Å². The maximum atomic E-state index is 9.17. The summed E-state index contributed by atoms with van der Waals surface area (Å²) in [7, 11) is 1.66. The Morgan fingerprint density at radius 3 is 2.82 bits per heavy atom. The molecule has 2 heterocycles. The number of hydrogen-bond acceptors (Lipinski definition) is 5. The molecule has 6 heteroatoms. The van der Waals surface area contributed by atoms with Crippen molar-refractivity contribution in [1.82, 2.24) is 4.98 Å². The van der Waals surface area contributed by atoms with E-state index < -0.39 is 0 Å². The van der Waals surface area contributed by atoms with Gasteiger partial charge in [-0.15, -0.1) is 11.3 Å². The van der Waals surface area contributed by atoms with Gasteiger partial charge in [-0.25, -0.2) is 4.98 Å². The highest BCUT2D eigenvalue weighted by atomic mass is 127. The molecule has 0 radical (unpaired) electrons. The number of methoxy groups -OCH3 is 1. The number of anilines is 1. The first kappa shape index (κ1) is 15.1. The molecule has 3 aromatic rings. The number of thiophene rings is 1. The normalized spacial score (nSPS) is 10.4. The molecule has 22 heavy (non-hydrogen) atoms. The van der Waals surface area contributed by atoms with E-state index in [2.05, 4.69) is 45.0 Å². The fourth-order valence-corrected chi connectivity index (χ4v) is 3.96. The van der Waals surface area contributed by atoms with Crippen LogP contribution in [0.1, 0.15) is 11.1 Å². The van der Waals surface area contributed by atoms with Crippen molar-refractivity contribution < 1.29 is 4.74 Å². The van der Waals surface area contributed by atoms with E-state index in [-0.39, 0.29) is 0 Å². The summed E-state index contributed by atoms with van der Waals surface area (Å²) in [4.78, 5) is 4.38. The van der Waals surface area contributed by atoms with Gasteiger partial charge in [0.1, 0.15) is 17.6 Å². The number of nitrogens with zero attached hydrogens (tertiary/aromatic N) is 2. The number of nitriles is 1. The fourth-order valence-electron chi connectivity index (χ4n) is 2.14. The van der Waals surface area contributed by atoms with Gasteiger partial charge in [-0.2, -0.15) is 5.26 Å². The topological polar surface area (TPSA) is 57.9 Å². The minimum Gasteiger partial charge on any atom is -0.497 e. The Hall–Kier alpha value is -1.85. The monoisotopic (exact) mass is 421 g/mol. The zero-order valence-corrected chi connectivity index (χ0v) is 14.7. The van der Waals surface area contributed by atoms with Gasteiger partial charge >= 0.3 is 0 Å². The summed E-state index contributed by atoms with van der Waals surface area (Å²) in [6, 6.07) is 12.2. The first-order chi connectivity index (χ1) is 10.7. The number of rotatable bonds is 4. The Labute approximate surface area is 145 Å². The number of nitrogens with one attached hydrogen (secondary N) is 1. The molecule has 0 saturated carbocycles. The predicted octanol–water partition coefficient (Wildman–Crippen LogP) is 4.39. The smallest absolute Gasteiger partial charge is 0.135 e. The van der Waals surface area contributed by atoms with Crippen molar-refractivity contribution in [1.29, 1.82) is 5.26 Å². The molecule has 0 saturated heterocycles. The Kier molecular flexibility index (Phi) is 4.45. The first-order valence-corrected chi connectivity index (χ1v) is 8.45. The van der Waals surface area contributed by atoms with Gasteiger partial charge in [0.25, 0.3) is 0 Å². The lowest BCUT2D eigenvalue weighted by atomic mass is 10.2. The standard InChI is InChI=1S/C16H12IN3OS/c1-21-12-4-2-10(3-5-12)8-19-16-13-6-14(17)22-15(13)11(7-18)9-20-16/h2-6,9H,8H2,1H3,(H,19,20). The molecule has 0 atom stereocenters. The second-order valence-corrected chi connectivity index (χ2v) is 7.57. The van der Waals surface area contributed by atoms with Crippen molar-refractivity contribution in [2.75, 3.05) is 12.4 Å². The summed E-state index contributed by atoms with van der Waals surface area (Å²) in [6.45, 7) is 0.671. The van der Waals surface area contributed by atoms with Crippen molar-refractivity contribution in [3.63, 3.8) is 0 Å². The number of hydrogen-bond donors (Lipinski definition) is 1. The predicted molar refractivity (Wildman–Crippen MR) is 97.4 cm³/mol. The molecule has 0 spiro atoms. The zero-order chi connectivity index (χ0) is 15.5. The quantitative estimate of drug-likeness (QED) is 0.635. The van der Waals surface area contributed by atoms with Crippen molar-refractivity contribution in [3.05, 3.63) is 50.5 Å². The maximum Gasteiger partial charge on any atom is 0.135 e. The van der Waals surface area contributed by atoms with Gasteiger partial charge in [-0.3, -0.25) is 0 Å². The fraction of sp³-hybridized carbons (Fsp3) is 0.125. The van der Waals surface area contributed by atoms with Crippen molar-refractivity contribution in [2.45, 2.75) is 6.54 Å². The third kappa shape index (κ3) is 3.00. The molecule has 0 amide bonds. The first-order valence-electron chi connectivity index (χ1n) is 6.56. The third-order valence-electron chi connectivity index (χ3n) is 3.26. The van der Waals surface area contributed by atoms with E-state index in [1.165, 1.54) is 0 Å². The van der Waals surface area contributed by atoms with E-state index in [4.69, 9.17) is 4.74 Å². The largest absolute Gasteiger partial charge is 0.497 e. The number of halogens is 1. The molecule has 1 N–H and O–H groups in total. The van der Waals surface area contributed by atoms with Crippen LogP contribution in [-0.2, 0) is 6.54 Å². The summed E-state index contributed by atoms with van der Waals surface area (Å²) in [5.74, 6) is 1.65. The lowest BCUT2D eigenvalue weighted by molar-refractivity contribution is 0.414. The molecule has 0 fully saturated rings. The summed E-state index contributed by atoms with van der Waals surface area (Å²) in [6.07, 6.45) is 1.63. The molecular formula is C16H12IN3OS. The molecule has 0 aliphatic rings. The van der Waals surface area contributed by atoms with Gasteiger partial charge in [-0.1, -0.05) is 12.1 Å². The van der Waals surface area contributed by atoms with Gasteiger partial charge in [0.15, 0.2) is 0 Å². The lowest BCUT2D eigenvalue weighted by Crippen LogP contribution is -2.02. The van der Waals surface area contributed by atoms with Crippen LogP contribution in [0.3, 0.4) is 0 Å². The van der Waals surface area contributed by atoms with E-state index in [9.17, 15) is 5.26 Å². The molecule has 0 bridgehead atoms. The average molecular weight is 421 g/mol. The van der Waals surface area contributed by atoms with Crippen molar-refractivity contribution in [2.24, 2.45) is 0 Å². The Balaban J connectivity index is 1.86. The van der Waals surface area contributed by atoms with Gasteiger partial charge < -0.3 is 10.1 Å². The summed E-state index contributed by atoms with van der Waals surface area (Å²) >= 11 is 3.88. The molecule has 2 aromatic heterocycles. The lowest BCUT2D eigenvalue weighted by Gasteiger charge is -2.08. The van der Waals surface area contributed by atoms with Crippen LogP contribution in [0.2, 0.25) is 0 Å². The van der Waals surface area contributed by atoms with Crippen LogP contribution in [0.4, 0.5) is 5.82 Å². The van der Waals surface area contributed by atoms with Crippen LogP contribution in [-0.4, -0.2) is 12.1 Å². The van der Waals surface area contributed by atoms with Crippen LogP contribution < -0.4 is 10.1 Å². The van der Waals surface area contributed by atoms with Gasteiger partial charge in [-0.05, 0) is 46.4 Å². The Bertz CT molecular complexity index is 852. The molecule has 110 valence electrons. The molecule has 0 aliphatic carbocycles. The van der Waals surface area contributed by atoms with Crippen LogP contribution in [0.25, 0.3) is 10.1 Å². The van der Waals surface area contributed by atoms with E-state index in [1.807, 2.05) is 24.3 Å². The maximum absolute atomic E-state index is 9.17. The molecule has 1 aromatic carbocycles. The molecule has 4 nitrogen and oxygen atoms in total. The number of fused-ring (bicyclic) bond motifs is 1. The number of aromatic nitrogens is 1. The molecule has 0 unspecified atom stereocenters. The highest BCUT2D eigenvalue weighted by molar-refractivity contribution is 14.1. The third-order valence-corrected chi connectivity index (χ3v) is 5.19. The minimum atomic E-state index is 0.623. The van der Waals surface area contributed by atoms with Gasteiger partial charge in [0, 0.05) is 18.1 Å². The zero-order valence-electron chi connectivity index (χ0n) is 11.8. The number of ether oxygens (including phenoxy) is 1. The van der Waals surface area contributed by atoms with Crippen LogP contribution in [0, 0.1) is 14.2 Å². The molecule has 3 rings (SSSR count). The number of benzene rings is 1. The van der Waals surface area contributed by atoms with E-state index in [0.717, 1.165) is 30.1 Å². The summed E-state index contributed by atoms with van der Waals surface area (Å²) in [5, 5.41) is 13.5. The molecular weight excluding hydrogens is 409 g/mol. The second-order valence-electron chi connectivity index (χ2n) is 4.63. The number of pyridine rings is 1. The van der Waals surface area contributed by atoms with Gasteiger partial charge in [0.2, 0.25) is 0 Å². The summed E-state index contributed by atoms with van der Waals surface area (Å²) in [5.41, 5.74) is 1.77. The highest BCUT2D eigenvalue weighted by Crippen LogP contribution is 2.33. The van der Waals surface area contributed by atoms with E-state index in [0.29, 0.717) is 12.1 Å². The SMILES string of the molecule is COc1ccc(CNc2ncc(C#N)c3sc(I)cc23)cc1. The second kappa shape index (κ2) is 6.50. The van der Waals surface area contributed by atoms with Crippen molar-refractivity contribution in [3.8, 4) is 11.8 Å². The van der Waals surface area contributed by atoms with Gasteiger partial charge in [0.05, 0.1) is 20.3 Å². The molecule has 0 aliphatic heterocycles. The Morgan fingerprint density at radius 1 is 1.36 bits per heavy atom. The average Bonchev–Trinajstić information content (AvgIpc) is 2.94. The van der Waals surface area contributed by atoms with Crippen LogP contribution in [0.15, 0.2) is 36.5 Å². The van der Waals surface area contributed by atoms with Crippen LogP contribution >= 0.6 is 33.9 Å². The highest BCUT2D eigenvalue weighted by Gasteiger charge is 2.11. The summed E-state index contributed by atoms with van der Waals surface area (Å²) < 4.78 is 7.28. The van der Waals surface area contributed by atoms with E-state index in [1.54, 1.807) is 24.6 Å².